The summed E-state index contributed by atoms with van der Waals surface area (Å²) in [6.45, 7) is 3.57. The molecule has 1 heteroatoms. The van der Waals surface area contributed by atoms with Crippen LogP contribution in [0.3, 0.4) is 0 Å². The van der Waals surface area contributed by atoms with Crippen LogP contribution in [0, 0.1) is 5.92 Å². The smallest absolute Gasteiger partial charge is 0.00697 e. The zero-order chi connectivity index (χ0) is 12.6. The van der Waals surface area contributed by atoms with Crippen LogP contribution in [0.1, 0.15) is 51.0 Å². The molecule has 1 aliphatic rings. The third-order valence-electron chi connectivity index (χ3n) is 4.29. The van der Waals surface area contributed by atoms with Gasteiger partial charge in [-0.2, -0.15) is 0 Å². The summed E-state index contributed by atoms with van der Waals surface area (Å²) >= 11 is 0. The molecule has 0 aromatic heterocycles. The quantitative estimate of drug-likeness (QED) is 0.741. The highest BCUT2D eigenvalue weighted by Crippen LogP contribution is 2.22. The van der Waals surface area contributed by atoms with E-state index in [1.54, 1.807) is 0 Å². The van der Waals surface area contributed by atoms with E-state index in [-0.39, 0.29) is 0 Å². The second kappa shape index (κ2) is 7.58. The van der Waals surface area contributed by atoms with Gasteiger partial charge in [-0.05, 0) is 50.1 Å². The third-order valence-corrected chi connectivity index (χ3v) is 4.29. The summed E-state index contributed by atoms with van der Waals surface area (Å²) in [6.07, 6.45) is 9.46. The Morgan fingerprint density at radius 2 is 2.00 bits per heavy atom. The maximum Gasteiger partial charge on any atom is 0.00697 e. The Morgan fingerprint density at radius 1 is 1.17 bits per heavy atom. The molecular formula is C17H27N. The molecule has 0 radical (unpaired) electrons. The minimum atomic E-state index is 0.791. The molecule has 1 N–H and O–H groups in total. The summed E-state index contributed by atoms with van der Waals surface area (Å²) < 4.78 is 0. The predicted molar refractivity (Wildman–Crippen MR) is 78.8 cm³/mol. The Balaban J connectivity index is 1.60. The number of hydrogen-bond donors (Lipinski definition) is 1. The summed E-state index contributed by atoms with van der Waals surface area (Å²) in [5.41, 5.74) is 1.49. The fraction of sp³-hybridized carbons (Fsp3) is 0.647. The number of piperidine rings is 1. The Bertz CT molecular complexity index is 320. The van der Waals surface area contributed by atoms with Crippen LogP contribution in [-0.4, -0.2) is 12.6 Å². The summed E-state index contributed by atoms with van der Waals surface area (Å²) in [7, 11) is 0. The zero-order valence-electron chi connectivity index (χ0n) is 11.7. The van der Waals surface area contributed by atoms with Crippen LogP contribution in [0.5, 0.6) is 0 Å². The van der Waals surface area contributed by atoms with E-state index in [1.807, 2.05) is 0 Å². The molecule has 18 heavy (non-hydrogen) atoms. The minimum Gasteiger partial charge on any atom is -0.314 e. The van der Waals surface area contributed by atoms with E-state index in [0.717, 1.165) is 12.0 Å². The predicted octanol–water partition coefficient (Wildman–Crippen LogP) is 4.18. The summed E-state index contributed by atoms with van der Waals surface area (Å²) in [5, 5.41) is 3.68. The topological polar surface area (TPSA) is 12.0 Å². The maximum absolute atomic E-state index is 3.68. The standard InChI is InChI=1S/C17H27N/c1-2-15-12-13-18-17(14-15)11-7-6-10-16-8-4-3-5-9-16/h3-5,8-9,15,17-18H,2,6-7,10-14H2,1H3. The van der Waals surface area contributed by atoms with E-state index >= 15 is 0 Å². The van der Waals surface area contributed by atoms with Gasteiger partial charge in [0.25, 0.3) is 0 Å². The molecule has 1 heterocycles. The van der Waals surface area contributed by atoms with Gasteiger partial charge >= 0.3 is 0 Å². The molecule has 1 aliphatic heterocycles. The van der Waals surface area contributed by atoms with Gasteiger partial charge in [0.05, 0.1) is 0 Å². The molecule has 2 unspecified atom stereocenters. The molecular weight excluding hydrogens is 218 g/mol. The van der Waals surface area contributed by atoms with E-state index in [9.17, 15) is 0 Å². The second-order valence-electron chi connectivity index (χ2n) is 5.68. The zero-order valence-corrected chi connectivity index (χ0v) is 11.7. The Hall–Kier alpha value is -0.820. The lowest BCUT2D eigenvalue weighted by Gasteiger charge is -2.29. The molecule has 1 fully saturated rings. The Morgan fingerprint density at radius 3 is 2.78 bits per heavy atom. The molecule has 1 aromatic rings. The normalized spacial score (nSPS) is 24.1. The van der Waals surface area contributed by atoms with Crippen molar-refractivity contribution in [3.63, 3.8) is 0 Å². The molecule has 1 nitrogen and oxygen atoms in total. The van der Waals surface area contributed by atoms with E-state index in [4.69, 9.17) is 0 Å². The molecule has 1 aromatic carbocycles. The molecule has 2 rings (SSSR count). The van der Waals surface area contributed by atoms with E-state index in [1.165, 1.54) is 57.1 Å². The van der Waals surface area contributed by atoms with Gasteiger partial charge in [0.15, 0.2) is 0 Å². The van der Waals surface area contributed by atoms with Crippen LogP contribution in [0.25, 0.3) is 0 Å². The Kier molecular flexibility index (Phi) is 5.73. The van der Waals surface area contributed by atoms with Crippen molar-refractivity contribution in [3.8, 4) is 0 Å². The lowest BCUT2D eigenvalue weighted by Crippen LogP contribution is -2.37. The van der Waals surface area contributed by atoms with Crippen molar-refractivity contribution in [2.24, 2.45) is 5.92 Å². The highest BCUT2D eigenvalue weighted by Gasteiger charge is 2.19. The van der Waals surface area contributed by atoms with Gasteiger partial charge in [-0.25, -0.2) is 0 Å². The minimum absolute atomic E-state index is 0.791. The maximum atomic E-state index is 3.68. The van der Waals surface area contributed by atoms with Gasteiger partial charge in [0.1, 0.15) is 0 Å². The molecule has 0 bridgehead atoms. The molecule has 0 spiro atoms. The van der Waals surface area contributed by atoms with Crippen molar-refractivity contribution in [1.29, 1.82) is 0 Å². The van der Waals surface area contributed by atoms with Crippen LogP contribution in [0.2, 0.25) is 0 Å². The van der Waals surface area contributed by atoms with Gasteiger partial charge in [-0.3, -0.25) is 0 Å². The Labute approximate surface area is 112 Å². The van der Waals surface area contributed by atoms with E-state index < -0.39 is 0 Å². The number of hydrogen-bond acceptors (Lipinski definition) is 1. The third kappa shape index (κ3) is 4.45. The summed E-state index contributed by atoms with van der Waals surface area (Å²) in [6, 6.07) is 11.7. The SMILES string of the molecule is CCC1CCNC(CCCCc2ccccc2)C1. The summed E-state index contributed by atoms with van der Waals surface area (Å²) in [4.78, 5) is 0. The number of benzene rings is 1. The first kappa shape index (κ1) is 13.6. The first-order chi connectivity index (χ1) is 8.88. The second-order valence-corrected chi connectivity index (χ2v) is 5.68. The lowest BCUT2D eigenvalue weighted by molar-refractivity contribution is 0.281. The van der Waals surface area contributed by atoms with Crippen molar-refractivity contribution in [1.82, 2.24) is 5.32 Å². The fourth-order valence-electron chi connectivity index (χ4n) is 3.05. The molecule has 0 saturated carbocycles. The van der Waals surface area contributed by atoms with Crippen molar-refractivity contribution < 1.29 is 0 Å². The van der Waals surface area contributed by atoms with Gasteiger partial charge in [0.2, 0.25) is 0 Å². The van der Waals surface area contributed by atoms with Gasteiger partial charge in [0, 0.05) is 6.04 Å². The van der Waals surface area contributed by atoms with Crippen molar-refractivity contribution in [2.45, 2.75) is 57.9 Å². The first-order valence-corrected chi connectivity index (χ1v) is 7.65. The first-order valence-electron chi connectivity index (χ1n) is 7.65. The summed E-state index contributed by atoms with van der Waals surface area (Å²) in [5.74, 6) is 0.977. The van der Waals surface area contributed by atoms with E-state index in [0.29, 0.717) is 0 Å². The highest BCUT2D eigenvalue weighted by atomic mass is 14.9. The van der Waals surface area contributed by atoms with Crippen molar-refractivity contribution in [3.05, 3.63) is 35.9 Å². The molecule has 100 valence electrons. The van der Waals surface area contributed by atoms with E-state index in [2.05, 4.69) is 42.6 Å². The van der Waals surface area contributed by atoms with Crippen LogP contribution in [0.4, 0.5) is 0 Å². The van der Waals surface area contributed by atoms with Gasteiger partial charge in [-0.15, -0.1) is 0 Å². The molecule has 0 aliphatic carbocycles. The molecule has 2 atom stereocenters. The fourth-order valence-corrected chi connectivity index (χ4v) is 3.05. The number of nitrogens with one attached hydrogen (secondary N) is 1. The molecule has 1 saturated heterocycles. The van der Waals surface area contributed by atoms with Crippen LogP contribution in [0.15, 0.2) is 30.3 Å². The number of aryl methyl sites for hydroxylation is 1. The monoisotopic (exact) mass is 245 g/mol. The van der Waals surface area contributed by atoms with Gasteiger partial charge < -0.3 is 5.32 Å². The average Bonchev–Trinajstić information content (AvgIpc) is 2.45. The number of rotatable bonds is 6. The number of unbranched alkanes of at least 4 members (excludes halogenated alkanes) is 1. The average molecular weight is 245 g/mol. The molecule has 0 amide bonds. The van der Waals surface area contributed by atoms with Crippen molar-refractivity contribution >= 4 is 0 Å². The highest BCUT2D eigenvalue weighted by molar-refractivity contribution is 5.14. The largest absolute Gasteiger partial charge is 0.314 e. The van der Waals surface area contributed by atoms with Crippen molar-refractivity contribution in [2.75, 3.05) is 6.54 Å². The van der Waals surface area contributed by atoms with Crippen LogP contribution < -0.4 is 5.32 Å². The van der Waals surface area contributed by atoms with Gasteiger partial charge in [-0.1, -0.05) is 50.1 Å². The van der Waals surface area contributed by atoms with Crippen LogP contribution in [-0.2, 0) is 6.42 Å². The van der Waals surface area contributed by atoms with Crippen LogP contribution >= 0.6 is 0 Å². The lowest BCUT2D eigenvalue weighted by atomic mass is 9.88.